The summed E-state index contributed by atoms with van der Waals surface area (Å²) >= 11 is 0. The topological polar surface area (TPSA) is 126 Å². The first-order valence-corrected chi connectivity index (χ1v) is 12.8. The second kappa shape index (κ2) is 8.12. The zero-order valence-electron chi connectivity index (χ0n) is 20.7. The summed E-state index contributed by atoms with van der Waals surface area (Å²) in [6.07, 6.45) is 8.59. The molecule has 184 valence electrons. The highest BCUT2D eigenvalue weighted by Gasteiger charge is 2.53. The van der Waals surface area contributed by atoms with Crippen molar-refractivity contribution >= 4 is 23.4 Å². The van der Waals surface area contributed by atoms with Crippen LogP contribution in [0, 0.1) is 28.1 Å². The van der Waals surface area contributed by atoms with Gasteiger partial charge in [0.25, 0.3) is 0 Å². The fourth-order valence-electron chi connectivity index (χ4n) is 6.35. The Hall–Kier alpha value is -3.79. The van der Waals surface area contributed by atoms with Gasteiger partial charge in [-0.3, -0.25) is 4.79 Å². The zero-order chi connectivity index (χ0) is 25.1. The molecular formula is C26H29N9O. The molecule has 2 aliphatic carbocycles. The molecule has 2 aromatic rings. The van der Waals surface area contributed by atoms with Crippen LogP contribution in [0.25, 0.3) is 0 Å². The van der Waals surface area contributed by atoms with Gasteiger partial charge in [0.2, 0.25) is 5.91 Å². The van der Waals surface area contributed by atoms with Gasteiger partial charge < -0.3 is 14.7 Å². The van der Waals surface area contributed by atoms with Gasteiger partial charge in [-0.05, 0) is 46.0 Å². The van der Waals surface area contributed by atoms with Crippen LogP contribution in [0.4, 0.5) is 17.5 Å². The van der Waals surface area contributed by atoms with Crippen LogP contribution in [0.15, 0.2) is 18.6 Å². The van der Waals surface area contributed by atoms with Gasteiger partial charge in [0, 0.05) is 48.8 Å². The Labute approximate surface area is 210 Å². The molecule has 2 aliphatic heterocycles. The summed E-state index contributed by atoms with van der Waals surface area (Å²) in [7, 11) is 0. The number of amides is 1. The average Bonchev–Trinajstić information content (AvgIpc) is 3.21. The summed E-state index contributed by atoms with van der Waals surface area (Å²) in [5.41, 5.74) is 0.729. The average molecular weight is 484 g/mol. The van der Waals surface area contributed by atoms with Crippen molar-refractivity contribution < 1.29 is 4.79 Å². The van der Waals surface area contributed by atoms with Crippen molar-refractivity contribution in [1.82, 2.24) is 25.1 Å². The van der Waals surface area contributed by atoms with Crippen LogP contribution in [0.2, 0.25) is 0 Å². The Kier molecular flexibility index (Phi) is 5.11. The number of hydrogen-bond donors (Lipinski definition) is 0. The number of fused-ring (bicyclic) bond motifs is 2. The molecule has 2 aromatic heterocycles. The lowest BCUT2D eigenvalue weighted by Gasteiger charge is -2.49. The fourth-order valence-corrected chi connectivity index (χ4v) is 6.35. The van der Waals surface area contributed by atoms with E-state index in [9.17, 15) is 15.3 Å². The zero-order valence-corrected chi connectivity index (χ0v) is 20.7. The molecule has 2 atom stereocenters. The van der Waals surface area contributed by atoms with Crippen molar-refractivity contribution in [3.8, 4) is 12.1 Å². The molecule has 1 saturated heterocycles. The van der Waals surface area contributed by atoms with Crippen LogP contribution < -0.4 is 9.80 Å². The van der Waals surface area contributed by atoms with Crippen molar-refractivity contribution in [1.29, 1.82) is 10.5 Å². The Morgan fingerprint density at radius 2 is 1.81 bits per heavy atom. The van der Waals surface area contributed by atoms with Crippen molar-refractivity contribution in [2.75, 3.05) is 29.4 Å². The van der Waals surface area contributed by atoms with Gasteiger partial charge in [0.1, 0.15) is 29.4 Å². The minimum Gasteiger partial charge on any atom is -0.350 e. The van der Waals surface area contributed by atoms with Gasteiger partial charge in [-0.15, -0.1) is 5.10 Å². The molecule has 2 saturated carbocycles. The molecular weight excluding hydrogens is 454 g/mol. The van der Waals surface area contributed by atoms with Crippen LogP contribution >= 0.6 is 0 Å². The summed E-state index contributed by atoms with van der Waals surface area (Å²) in [5.74, 6) is 2.38. The summed E-state index contributed by atoms with van der Waals surface area (Å²) < 4.78 is 0. The van der Waals surface area contributed by atoms with Crippen LogP contribution in [0.3, 0.4) is 0 Å². The van der Waals surface area contributed by atoms with E-state index in [0.717, 1.165) is 49.4 Å². The van der Waals surface area contributed by atoms with Gasteiger partial charge in [0.05, 0.1) is 17.8 Å². The van der Waals surface area contributed by atoms with E-state index in [0.29, 0.717) is 37.3 Å². The lowest BCUT2D eigenvalue weighted by atomic mass is 9.66. The Morgan fingerprint density at radius 1 is 1.06 bits per heavy atom. The number of hydrogen-bond acceptors (Lipinski definition) is 9. The van der Waals surface area contributed by atoms with Gasteiger partial charge in [-0.1, -0.05) is 6.42 Å². The summed E-state index contributed by atoms with van der Waals surface area (Å²) in [6.45, 7) is 6.15. The van der Waals surface area contributed by atoms with E-state index in [1.54, 1.807) is 12.4 Å². The normalized spacial score (nSPS) is 25.4. The minimum absolute atomic E-state index is 0.0132. The number of anilines is 3. The molecule has 10 nitrogen and oxygen atoms in total. The molecule has 1 amide bonds. The summed E-state index contributed by atoms with van der Waals surface area (Å²) in [5, 5.41) is 27.4. The van der Waals surface area contributed by atoms with Crippen molar-refractivity contribution in [2.45, 2.75) is 69.9 Å². The SMILES string of the molecule is C[C@@H]1CN(c2ncnc3c2C2(CCC2)CN3c2cc(C#N)cnn2)[C@@H](C)CN1C(=O)C1(C#N)CCC1. The first-order valence-electron chi connectivity index (χ1n) is 12.8. The van der Waals surface area contributed by atoms with E-state index in [2.05, 4.69) is 46.0 Å². The molecule has 0 bridgehead atoms. The summed E-state index contributed by atoms with van der Waals surface area (Å²) in [6, 6.07) is 6.25. The monoisotopic (exact) mass is 483 g/mol. The molecule has 0 unspecified atom stereocenters. The third-order valence-electron chi connectivity index (χ3n) is 8.76. The number of nitrogens with zero attached hydrogens (tertiary/aromatic N) is 9. The van der Waals surface area contributed by atoms with Gasteiger partial charge >= 0.3 is 0 Å². The maximum Gasteiger partial charge on any atom is 0.243 e. The number of piperazine rings is 1. The lowest BCUT2D eigenvalue weighted by molar-refractivity contribution is -0.146. The van der Waals surface area contributed by atoms with Crippen LogP contribution in [-0.2, 0) is 10.2 Å². The number of carbonyl (C=O) groups is 1. The van der Waals surface area contributed by atoms with Crippen molar-refractivity contribution in [3.05, 3.63) is 29.7 Å². The van der Waals surface area contributed by atoms with Crippen LogP contribution in [0.5, 0.6) is 0 Å². The van der Waals surface area contributed by atoms with E-state index in [4.69, 9.17) is 9.97 Å². The van der Waals surface area contributed by atoms with E-state index in [-0.39, 0.29) is 23.4 Å². The van der Waals surface area contributed by atoms with Crippen molar-refractivity contribution in [3.63, 3.8) is 0 Å². The highest BCUT2D eigenvalue weighted by Crippen LogP contribution is 2.56. The highest BCUT2D eigenvalue weighted by atomic mass is 16.2. The number of nitriles is 2. The molecule has 1 spiro atoms. The quantitative estimate of drug-likeness (QED) is 0.647. The fraction of sp³-hybridized carbons (Fsp3) is 0.577. The minimum atomic E-state index is -0.832. The molecule has 3 fully saturated rings. The van der Waals surface area contributed by atoms with E-state index in [1.807, 2.05) is 4.90 Å². The Morgan fingerprint density at radius 3 is 2.44 bits per heavy atom. The summed E-state index contributed by atoms with van der Waals surface area (Å²) in [4.78, 5) is 29.2. The molecule has 0 radical (unpaired) electrons. The molecule has 4 heterocycles. The van der Waals surface area contributed by atoms with Crippen LogP contribution in [-0.4, -0.2) is 62.7 Å². The maximum absolute atomic E-state index is 13.3. The largest absolute Gasteiger partial charge is 0.350 e. The Bertz CT molecular complexity index is 1300. The second-order valence-corrected chi connectivity index (χ2v) is 10.9. The number of carbonyl (C=O) groups excluding carboxylic acids is 1. The molecule has 4 aliphatic rings. The van der Waals surface area contributed by atoms with E-state index in [1.165, 1.54) is 6.20 Å². The molecule has 36 heavy (non-hydrogen) atoms. The highest BCUT2D eigenvalue weighted by molar-refractivity contribution is 5.87. The molecule has 10 heteroatoms. The third kappa shape index (κ3) is 3.17. The molecule has 6 rings (SSSR count). The van der Waals surface area contributed by atoms with Gasteiger partial charge in [-0.25, -0.2) is 9.97 Å². The van der Waals surface area contributed by atoms with Crippen LogP contribution in [0.1, 0.15) is 63.5 Å². The Balaban J connectivity index is 1.34. The van der Waals surface area contributed by atoms with E-state index >= 15 is 0 Å². The predicted octanol–water partition coefficient (Wildman–Crippen LogP) is 2.83. The van der Waals surface area contributed by atoms with Gasteiger partial charge in [-0.2, -0.15) is 15.6 Å². The van der Waals surface area contributed by atoms with Crippen molar-refractivity contribution in [2.24, 2.45) is 5.41 Å². The third-order valence-corrected chi connectivity index (χ3v) is 8.76. The lowest BCUT2D eigenvalue weighted by Crippen LogP contribution is -2.62. The standard InChI is InChI=1S/C26H29N9O/c1-17-13-34(24(36)25(14-28)5-3-6-25)18(2)12-33(17)22-21-23(30-16-29-22)35(15-26(21)7-4-8-26)20-9-19(10-27)11-31-32-20/h9,11,16-18H,3-8,12-13,15H2,1-2H3/t17-,18+/m0/s1. The smallest absolute Gasteiger partial charge is 0.243 e. The number of rotatable bonds is 3. The van der Waals surface area contributed by atoms with Gasteiger partial charge in [0.15, 0.2) is 5.82 Å². The van der Waals surface area contributed by atoms with E-state index < -0.39 is 5.41 Å². The first-order chi connectivity index (χ1) is 17.4. The predicted molar refractivity (Wildman–Crippen MR) is 131 cm³/mol. The molecule has 0 aromatic carbocycles. The maximum atomic E-state index is 13.3. The second-order valence-electron chi connectivity index (χ2n) is 10.9. The molecule has 0 N–H and O–H groups in total. The number of aromatic nitrogens is 4. The first kappa shape index (κ1) is 22.7.